The van der Waals surface area contributed by atoms with Gasteiger partial charge in [0.15, 0.2) is 6.10 Å². The molecule has 642 valence electrons. The lowest BCUT2D eigenvalue weighted by molar-refractivity contribution is -0.161. The number of phosphoric ester groups is 2. The molecule has 0 aromatic carbocycles. The summed E-state index contributed by atoms with van der Waals surface area (Å²) in [5.41, 5.74) is 0. The molecular formula is C93H164O16P2. The van der Waals surface area contributed by atoms with E-state index in [-0.39, 0.29) is 19.3 Å². The summed E-state index contributed by atoms with van der Waals surface area (Å²) in [6.07, 6.45) is 104. The van der Waals surface area contributed by atoms with Crippen LogP contribution in [0.25, 0.3) is 0 Å². The number of carbonyl (C=O) groups is 3. The number of unbranched alkanes of at least 4 members (excludes halogenated alkanes) is 42. The highest BCUT2D eigenvalue weighted by atomic mass is 31.2. The molecule has 111 heavy (non-hydrogen) atoms. The van der Waals surface area contributed by atoms with Gasteiger partial charge in [0.25, 0.3) is 0 Å². The molecule has 0 aliphatic heterocycles. The molecule has 18 heteroatoms. The van der Waals surface area contributed by atoms with Gasteiger partial charge >= 0.3 is 33.6 Å². The summed E-state index contributed by atoms with van der Waals surface area (Å²) in [6.45, 7) is 2.58. The second-order valence-corrected chi connectivity index (χ2v) is 32.9. The van der Waals surface area contributed by atoms with Crippen LogP contribution in [0.5, 0.6) is 0 Å². The van der Waals surface area contributed by atoms with Gasteiger partial charge in [0.2, 0.25) is 0 Å². The Hall–Kier alpha value is -4.05. The molecule has 16 nitrogen and oxygen atoms in total. The first-order valence-corrected chi connectivity index (χ1v) is 47.8. The minimum absolute atomic E-state index is 0.0938. The number of aliphatic hydroxyl groups excluding tert-OH is 2. The maximum absolute atomic E-state index is 13.0. The Morgan fingerprint density at radius 3 is 0.784 bits per heavy atom. The van der Waals surface area contributed by atoms with Crippen molar-refractivity contribution in [3.63, 3.8) is 0 Å². The molecule has 0 aromatic heterocycles. The first kappa shape index (κ1) is 107. The van der Waals surface area contributed by atoms with Crippen molar-refractivity contribution in [2.75, 3.05) is 39.6 Å². The Morgan fingerprint density at radius 2 is 0.477 bits per heavy atom. The zero-order chi connectivity index (χ0) is 80.8. The summed E-state index contributed by atoms with van der Waals surface area (Å²) in [5.74, 6) is -1.57. The van der Waals surface area contributed by atoms with Gasteiger partial charge in [0, 0.05) is 19.3 Å². The number of esters is 3. The highest BCUT2D eigenvalue weighted by molar-refractivity contribution is 7.47. The van der Waals surface area contributed by atoms with Crippen LogP contribution in [0.15, 0.2) is 122 Å². The van der Waals surface area contributed by atoms with Crippen molar-refractivity contribution >= 4 is 33.6 Å². The third-order valence-electron chi connectivity index (χ3n) is 19.1. The molecule has 0 aromatic rings. The van der Waals surface area contributed by atoms with Crippen molar-refractivity contribution in [3.05, 3.63) is 122 Å². The molecule has 0 rings (SSSR count). The molecule has 0 amide bonds. The number of hydrogen-bond acceptors (Lipinski definition) is 14. The first-order chi connectivity index (χ1) is 54.2. The summed E-state index contributed by atoms with van der Waals surface area (Å²) in [6, 6.07) is 0. The average molecular weight is 1600 g/mol. The summed E-state index contributed by atoms with van der Waals surface area (Å²) in [4.78, 5) is 58.8. The molecule has 4 N–H and O–H groups in total. The Bertz CT molecular complexity index is 2500. The van der Waals surface area contributed by atoms with Gasteiger partial charge in [-0.05, 0) is 135 Å². The Morgan fingerprint density at radius 1 is 0.261 bits per heavy atom. The lowest BCUT2D eigenvalue weighted by Gasteiger charge is -2.21. The zero-order valence-electron chi connectivity index (χ0n) is 70.6. The molecule has 5 unspecified atom stereocenters. The van der Waals surface area contributed by atoms with Gasteiger partial charge in [-0.15, -0.1) is 0 Å². The number of allylic oxidation sites excluding steroid dienone is 20. The second kappa shape index (κ2) is 85.3. The maximum atomic E-state index is 13.0. The third-order valence-corrected chi connectivity index (χ3v) is 21.0. The molecule has 0 aliphatic rings. The molecule has 0 bridgehead atoms. The normalized spacial score (nSPS) is 14.4. The average Bonchev–Trinajstić information content (AvgIpc) is 0.901. The molecule has 0 saturated heterocycles. The van der Waals surface area contributed by atoms with Crippen molar-refractivity contribution in [1.82, 2.24) is 0 Å². The third kappa shape index (κ3) is 86.6. The number of phosphoric acid groups is 2. The van der Waals surface area contributed by atoms with Crippen LogP contribution in [0.1, 0.15) is 393 Å². The van der Waals surface area contributed by atoms with E-state index in [1.807, 2.05) is 0 Å². The van der Waals surface area contributed by atoms with Gasteiger partial charge in [-0.2, -0.15) is 0 Å². The van der Waals surface area contributed by atoms with E-state index in [9.17, 15) is 43.5 Å². The smallest absolute Gasteiger partial charge is 0.463 e. The first-order valence-electron chi connectivity index (χ1n) is 44.8. The Kier molecular flexibility index (Phi) is 82.2. The van der Waals surface area contributed by atoms with Gasteiger partial charge in [0.05, 0.1) is 26.4 Å². The zero-order valence-corrected chi connectivity index (χ0v) is 72.4. The van der Waals surface area contributed by atoms with E-state index < -0.39 is 91.5 Å². The van der Waals surface area contributed by atoms with E-state index in [1.165, 1.54) is 193 Å². The maximum Gasteiger partial charge on any atom is 0.472 e. The summed E-state index contributed by atoms with van der Waals surface area (Å²) in [5, 5.41) is 20.7. The van der Waals surface area contributed by atoms with Crippen LogP contribution in [-0.4, -0.2) is 95.9 Å². The van der Waals surface area contributed by atoms with E-state index in [0.29, 0.717) is 19.3 Å². The predicted molar refractivity (Wildman–Crippen MR) is 463 cm³/mol. The quantitative estimate of drug-likeness (QED) is 0.0146. The van der Waals surface area contributed by atoms with Crippen molar-refractivity contribution in [1.29, 1.82) is 0 Å². The monoisotopic (exact) mass is 1600 g/mol. The molecule has 0 fully saturated rings. The van der Waals surface area contributed by atoms with Gasteiger partial charge in [0.1, 0.15) is 25.4 Å². The standard InChI is InChI=1S/C93H164O16P2/c1-4-7-10-13-16-19-22-25-28-30-32-34-36-38-39-40-41-42-43-44-45-46-47-49-51-52-54-56-59-61-64-67-70-73-76-79-91(96)103-82-88(94)83-105-110(99,100)106-84-89(95)85-107-111(101,102)108-87-90(109-93(98)81-78-75-72-69-66-63-58-27-24-21-18-15-12-9-6-3)86-104-92(97)80-77-74-71-68-65-62-60-57-55-53-50-48-37-35-33-31-29-26-23-20-17-14-11-8-5-2/h7,10,16-17,19-20,25-29,32-35,38-39,48,50,58,88-90,94-95H,4-6,8-9,11-15,18,21-24,30-31,36-37,40-47,49,51-57,59-87H2,1-3H3,(H,99,100)(H,101,102)/b10-7-,19-16-,20-17-,28-25-,29-26-,34-32-,35-33-,39-38-,50-48-,58-27-. The van der Waals surface area contributed by atoms with Crippen LogP contribution in [0, 0.1) is 0 Å². The van der Waals surface area contributed by atoms with Crippen LogP contribution in [0.4, 0.5) is 0 Å². The minimum Gasteiger partial charge on any atom is -0.463 e. The van der Waals surface area contributed by atoms with E-state index in [4.69, 9.17) is 32.3 Å². The Balaban J connectivity index is 4.42. The SMILES string of the molecule is CC/C=C\C/C=C\C/C=C\C/C=C\C/C=C\CCCCCCCCCCCCCCCCCCCCCC(=O)OCC(O)COP(=O)(O)OCC(O)COP(=O)(O)OCC(COC(=O)CCCCCCCCCCC/C=C\C/C=C\C/C=C\C/C=C\CCCCC)OC(=O)CCCCCCC/C=C\CCCCCCCC. The molecule has 0 heterocycles. The number of hydrogen-bond donors (Lipinski definition) is 4. The number of ether oxygens (including phenoxy) is 3. The van der Waals surface area contributed by atoms with E-state index >= 15 is 0 Å². The van der Waals surface area contributed by atoms with Crippen LogP contribution in [0.3, 0.4) is 0 Å². The molecular weight excluding hydrogens is 1430 g/mol. The topological polar surface area (TPSA) is 231 Å². The Labute approximate surface area is 678 Å². The second-order valence-electron chi connectivity index (χ2n) is 30.0. The van der Waals surface area contributed by atoms with Crippen molar-refractivity contribution in [2.45, 2.75) is 411 Å². The van der Waals surface area contributed by atoms with Crippen molar-refractivity contribution in [2.24, 2.45) is 0 Å². The van der Waals surface area contributed by atoms with Gasteiger partial charge in [-0.1, -0.05) is 361 Å². The summed E-state index contributed by atoms with van der Waals surface area (Å²) >= 11 is 0. The number of carbonyl (C=O) groups excluding carboxylic acids is 3. The van der Waals surface area contributed by atoms with E-state index in [2.05, 4.69) is 142 Å². The fourth-order valence-electron chi connectivity index (χ4n) is 12.3. The summed E-state index contributed by atoms with van der Waals surface area (Å²) in [7, 11) is -9.80. The lowest BCUT2D eigenvalue weighted by atomic mass is 10.0. The van der Waals surface area contributed by atoms with E-state index in [0.717, 1.165) is 141 Å². The van der Waals surface area contributed by atoms with Crippen molar-refractivity contribution < 1.29 is 75.8 Å². The van der Waals surface area contributed by atoms with E-state index in [1.54, 1.807) is 0 Å². The lowest BCUT2D eigenvalue weighted by Crippen LogP contribution is -2.30. The molecule has 0 radical (unpaired) electrons. The van der Waals surface area contributed by atoms with Gasteiger partial charge in [-0.25, -0.2) is 9.13 Å². The van der Waals surface area contributed by atoms with Crippen LogP contribution < -0.4 is 0 Å². The predicted octanol–water partition coefficient (Wildman–Crippen LogP) is 27.2. The van der Waals surface area contributed by atoms with Crippen LogP contribution in [-0.2, 0) is 55.8 Å². The summed E-state index contributed by atoms with van der Waals surface area (Å²) < 4.78 is 61.3. The molecule has 0 saturated carbocycles. The van der Waals surface area contributed by atoms with Gasteiger partial charge in [-0.3, -0.25) is 32.5 Å². The minimum atomic E-state index is -4.94. The highest BCUT2D eigenvalue weighted by Gasteiger charge is 2.29. The molecule has 5 atom stereocenters. The van der Waals surface area contributed by atoms with Crippen molar-refractivity contribution in [3.8, 4) is 0 Å². The van der Waals surface area contributed by atoms with Gasteiger partial charge < -0.3 is 34.2 Å². The molecule has 0 aliphatic carbocycles. The fraction of sp³-hybridized carbons (Fsp3) is 0.753. The van der Waals surface area contributed by atoms with Crippen LogP contribution in [0.2, 0.25) is 0 Å². The van der Waals surface area contributed by atoms with Crippen LogP contribution >= 0.6 is 15.6 Å². The fourth-order valence-corrected chi connectivity index (χ4v) is 13.9. The highest BCUT2D eigenvalue weighted by Crippen LogP contribution is 2.45. The largest absolute Gasteiger partial charge is 0.472 e. The number of rotatable bonds is 85. The number of aliphatic hydroxyl groups is 2. The molecule has 0 spiro atoms.